The minimum Gasteiger partial charge on any atom is -0.509 e. The molecule has 3 aromatic heterocycles. The molecule has 47 heavy (non-hydrogen) atoms. The molecule has 7 rings (SSSR count). The molecule has 0 fully saturated rings. The van der Waals surface area contributed by atoms with Crippen molar-refractivity contribution in [3.05, 3.63) is 125 Å². The molecular formula is C40H36N4O2Pt. The van der Waals surface area contributed by atoms with Gasteiger partial charge >= 0.3 is 21.1 Å². The molecule has 0 amide bonds. The number of para-hydroxylation sites is 1. The number of nitrogens with zero attached hydrogens (tertiary/aromatic N) is 4. The van der Waals surface area contributed by atoms with Gasteiger partial charge in [-0.15, -0.1) is 35.7 Å². The normalized spacial score (nSPS) is 11.2. The number of fused-ring (bicyclic) bond motifs is 3. The van der Waals surface area contributed by atoms with E-state index in [1.807, 2.05) is 53.2 Å². The molecule has 0 saturated heterocycles. The van der Waals surface area contributed by atoms with E-state index >= 15 is 0 Å². The number of hydrogen-bond donors (Lipinski definition) is 0. The summed E-state index contributed by atoms with van der Waals surface area (Å²) >= 11 is 0. The van der Waals surface area contributed by atoms with Crippen molar-refractivity contribution in [3.63, 3.8) is 0 Å². The summed E-state index contributed by atoms with van der Waals surface area (Å²) in [5, 5.41) is 7.31. The molecule has 0 aliphatic rings. The standard InChI is InChI=1S/C40H36N4O2.Pt/c1-7-34-40(39-26(4)20-25(3)21-27(39)5)35(8-2)44(42-34)28-12-11-13-30(22-28)46-31-16-17-33-32-14-9-10-15-36(32)43(37(33)23-31)38-24-29(45-6)18-19-41-38;/h9-21,24H,7-8H2,1-6H3;/q-2;+2. The average Bonchev–Trinajstić information content (AvgIpc) is 3.59. The Balaban J connectivity index is 0.00000386. The van der Waals surface area contributed by atoms with Crippen molar-refractivity contribution in [2.24, 2.45) is 0 Å². The van der Waals surface area contributed by atoms with E-state index in [1.54, 1.807) is 13.3 Å². The molecule has 0 radical (unpaired) electrons. The van der Waals surface area contributed by atoms with Crippen LogP contribution in [0.4, 0.5) is 0 Å². The van der Waals surface area contributed by atoms with Gasteiger partial charge < -0.3 is 14.0 Å². The summed E-state index contributed by atoms with van der Waals surface area (Å²) in [7, 11) is 1.66. The second kappa shape index (κ2) is 13.2. The van der Waals surface area contributed by atoms with Crippen LogP contribution in [-0.2, 0) is 33.9 Å². The fraction of sp³-hybridized carbons (Fsp3) is 0.200. The minimum absolute atomic E-state index is 0. The number of ether oxygens (including phenoxy) is 2. The van der Waals surface area contributed by atoms with Gasteiger partial charge in [-0.05, 0) is 73.5 Å². The predicted octanol–water partition coefficient (Wildman–Crippen LogP) is 9.48. The van der Waals surface area contributed by atoms with Crippen LogP contribution >= 0.6 is 0 Å². The summed E-state index contributed by atoms with van der Waals surface area (Å²) in [6.45, 7) is 10.9. The number of aryl methyl sites for hydroxylation is 4. The van der Waals surface area contributed by atoms with E-state index in [4.69, 9.17) is 14.6 Å². The van der Waals surface area contributed by atoms with Crippen molar-refractivity contribution in [2.75, 3.05) is 7.11 Å². The van der Waals surface area contributed by atoms with E-state index in [0.717, 1.165) is 57.6 Å². The van der Waals surface area contributed by atoms with Crippen LogP contribution in [0, 0.1) is 32.9 Å². The Kier molecular flexibility index (Phi) is 9.07. The molecular weight excluding hydrogens is 764 g/mol. The molecule has 0 N–H and O–H groups in total. The first-order valence-corrected chi connectivity index (χ1v) is 15.8. The number of benzene rings is 4. The van der Waals surface area contributed by atoms with Crippen LogP contribution in [0.3, 0.4) is 0 Å². The summed E-state index contributed by atoms with van der Waals surface area (Å²) in [4.78, 5) is 4.66. The Morgan fingerprint density at radius 3 is 2.28 bits per heavy atom. The summed E-state index contributed by atoms with van der Waals surface area (Å²) in [5.41, 5.74) is 11.3. The molecule has 0 aliphatic carbocycles. The Morgan fingerprint density at radius 1 is 0.766 bits per heavy atom. The van der Waals surface area contributed by atoms with Gasteiger partial charge in [0.1, 0.15) is 11.6 Å². The van der Waals surface area contributed by atoms with Crippen molar-refractivity contribution in [2.45, 2.75) is 47.5 Å². The molecule has 7 heteroatoms. The number of aromatic nitrogens is 4. The first-order valence-electron chi connectivity index (χ1n) is 15.8. The monoisotopic (exact) mass is 799 g/mol. The third kappa shape index (κ3) is 5.76. The van der Waals surface area contributed by atoms with E-state index < -0.39 is 0 Å². The Labute approximate surface area is 290 Å². The fourth-order valence-corrected chi connectivity index (χ4v) is 6.70. The number of methoxy groups -OCH3 is 1. The predicted molar refractivity (Wildman–Crippen MR) is 185 cm³/mol. The molecule has 3 heterocycles. The van der Waals surface area contributed by atoms with Crippen LogP contribution in [-0.4, -0.2) is 26.4 Å². The Bertz CT molecular complexity index is 2220. The molecule has 6 nitrogen and oxygen atoms in total. The van der Waals surface area contributed by atoms with E-state index in [2.05, 4.69) is 86.6 Å². The van der Waals surface area contributed by atoms with Crippen molar-refractivity contribution in [3.8, 4) is 39.9 Å². The molecule has 0 aliphatic heterocycles. The third-order valence-electron chi connectivity index (χ3n) is 8.59. The zero-order valence-electron chi connectivity index (χ0n) is 27.4. The Hall–Kier alpha value is -4.67. The van der Waals surface area contributed by atoms with Crippen LogP contribution in [0.1, 0.15) is 41.9 Å². The van der Waals surface area contributed by atoms with Gasteiger partial charge in [0.15, 0.2) is 0 Å². The molecule has 0 spiro atoms. The van der Waals surface area contributed by atoms with Gasteiger partial charge in [-0.2, -0.15) is 17.2 Å². The van der Waals surface area contributed by atoms with Crippen molar-refractivity contribution in [1.82, 2.24) is 19.3 Å². The maximum atomic E-state index is 6.44. The van der Waals surface area contributed by atoms with E-state index in [1.165, 1.54) is 33.5 Å². The van der Waals surface area contributed by atoms with Crippen molar-refractivity contribution >= 4 is 21.8 Å². The quantitative estimate of drug-likeness (QED) is 0.144. The smallest absolute Gasteiger partial charge is 0.509 e. The van der Waals surface area contributed by atoms with Gasteiger partial charge in [-0.3, -0.25) is 4.68 Å². The van der Waals surface area contributed by atoms with Crippen molar-refractivity contribution < 1.29 is 30.5 Å². The van der Waals surface area contributed by atoms with Gasteiger partial charge in [0, 0.05) is 40.5 Å². The van der Waals surface area contributed by atoms with Crippen LogP contribution in [0.2, 0.25) is 0 Å². The maximum Gasteiger partial charge on any atom is 2.00 e. The van der Waals surface area contributed by atoms with E-state index in [9.17, 15) is 0 Å². The minimum atomic E-state index is 0. The van der Waals surface area contributed by atoms with Crippen LogP contribution < -0.4 is 9.47 Å². The van der Waals surface area contributed by atoms with E-state index in [-0.39, 0.29) is 21.1 Å². The zero-order valence-corrected chi connectivity index (χ0v) is 29.7. The molecule has 0 saturated carbocycles. The van der Waals surface area contributed by atoms with Crippen LogP contribution in [0.15, 0.2) is 85.1 Å². The number of pyridine rings is 1. The molecule has 7 aromatic rings. The van der Waals surface area contributed by atoms with Crippen LogP contribution in [0.25, 0.3) is 44.4 Å². The number of hydrogen-bond acceptors (Lipinski definition) is 4. The van der Waals surface area contributed by atoms with E-state index in [0.29, 0.717) is 11.5 Å². The first kappa shape index (κ1) is 32.3. The largest absolute Gasteiger partial charge is 2.00 e. The van der Waals surface area contributed by atoms with Gasteiger partial charge in [0.2, 0.25) is 0 Å². The first-order chi connectivity index (χ1) is 22.4. The summed E-state index contributed by atoms with van der Waals surface area (Å²) in [5.74, 6) is 2.67. The van der Waals surface area contributed by atoms with Crippen molar-refractivity contribution in [1.29, 1.82) is 0 Å². The van der Waals surface area contributed by atoms with Crippen LogP contribution in [0.5, 0.6) is 17.2 Å². The fourth-order valence-electron chi connectivity index (χ4n) is 6.70. The molecule has 238 valence electrons. The van der Waals surface area contributed by atoms with Gasteiger partial charge in [0.05, 0.1) is 12.8 Å². The maximum absolute atomic E-state index is 6.44. The third-order valence-corrected chi connectivity index (χ3v) is 8.59. The number of rotatable bonds is 8. The molecule has 4 aromatic carbocycles. The molecule has 0 unspecified atom stereocenters. The SMILES string of the molecule is CCc1nn(-c2[c-]c(Oc3[c-]c4c(cc3)c3ccccc3n4-c3cc(OC)ccn3)ccc2)c(CC)c1-c1c(C)cc(C)cc1C.[Pt+2]. The summed E-state index contributed by atoms with van der Waals surface area (Å²) < 4.78 is 16.1. The zero-order chi connectivity index (χ0) is 31.9. The van der Waals surface area contributed by atoms with Gasteiger partial charge in [0.25, 0.3) is 0 Å². The summed E-state index contributed by atoms with van der Waals surface area (Å²) in [6.07, 6.45) is 3.43. The molecule has 0 atom stereocenters. The topological polar surface area (TPSA) is 54.1 Å². The summed E-state index contributed by atoms with van der Waals surface area (Å²) in [6, 6.07) is 33.6. The Morgan fingerprint density at radius 2 is 1.53 bits per heavy atom. The average molecular weight is 800 g/mol. The molecule has 0 bridgehead atoms. The van der Waals surface area contributed by atoms with Gasteiger partial charge in [-0.1, -0.05) is 55.3 Å². The second-order valence-corrected chi connectivity index (χ2v) is 11.7. The second-order valence-electron chi connectivity index (χ2n) is 11.7. The van der Waals surface area contributed by atoms with Gasteiger partial charge in [-0.25, -0.2) is 4.98 Å².